The average Bonchev–Trinajstić information content (AvgIpc) is 2.31. The van der Waals surface area contributed by atoms with Crippen LogP contribution >= 0.6 is 27.5 Å². The minimum Gasteiger partial charge on any atom is -0.466 e. The van der Waals surface area contributed by atoms with Gasteiger partial charge in [0.25, 0.3) is 5.69 Å². The second-order valence-electron chi connectivity index (χ2n) is 3.44. The number of alkyl halides is 1. The van der Waals surface area contributed by atoms with Gasteiger partial charge in [-0.1, -0.05) is 27.5 Å². The van der Waals surface area contributed by atoms with E-state index in [0.717, 1.165) is 0 Å². The van der Waals surface area contributed by atoms with Gasteiger partial charge in [-0.2, -0.15) is 0 Å². The Morgan fingerprint density at radius 1 is 1.50 bits per heavy atom. The molecule has 0 aliphatic carbocycles. The zero-order chi connectivity index (χ0) is 13.7. The van der Waals surface area contributed by atoms with Crippen LogP contribution in [0.2, 0.25) is 5.02 Å². The lowest BCUT2D eigenvalue weighted by Gasteiger charge is -2.07. The Balaban J connectivity index is 3.07. The van der Waals surface area contributed by atoms with Crippen molar-refractivity contribution in [1.82, 2.24) is 0 Å². The number of ether oxygens (including phenoxy) is 1. The third-order valence-electron chi connectivity index (χ3n) is 2.23. The number of nitro benzene ring substituents is 1. The first-order chi connectivity index (χ1) is 8.49. The second kappa shape index (κ2) is 6.70. The van der Waals surface area contributed by atoms with Crippen molar-refractivity contribution in [3.8, 4) is 0 Å². The summed E-state index contributed by atoms with van der Waals surface area (Å²) in [5.41, 5.74) is 0.934. The number of hydrogen-bond acceptors (Lipinski definition) is 4. The Morgan fingerprint density at radius 2 is 2.17 bits per heavy atom. The molecule has 0 saturated carbocycles. The van der Waals surface area contributed by atoms with E-state index in [-0.39, 0.29) is 23.7 Å². The molecule has 0 aromatic heterocycles. The highest BCUT2D eigenvalue weighted by atomic mass is 79.9. The largest absolute Gasteiger partial charge is 0.466 e. The fourth-order valence-electron chi connectivity index (χ4n) is 1.44. The number of halogens is 2. The van der Waals surface area contributed by atoms with Crippen molar-refractivity contribution in [1.29, 1.82) is 0 Å². The lowest BCUT2D eigenvalue weighted by molar-refractivity contribution is -0.385. The first kappa shape index (κ1) is 14.9. The van der Waals surface area contributed by atoms with E-state index in [1.54, 1.807) is 13.0 Å². The predicted molar refractivity (Wildman–Crippen MR) is 71.1 cm³/mol. The van der Waals surface area contributed by atoms with Gasteiger partial charge in [0.2, 0.25) is 0 Å². The number of carbonyl (C=O) groups excluding carboxylic acids is 1. The lowest BCUT2D eigenvalue weighted by Crippen LogP contribution is -2.08. The van der Waals surface area contributed by atoms with Crippen LogP contribution in [0.15, 0.2) is 12.1 Å². The number of nitrogens with zero attached hydrogens (tertiary/aromatic N) is 1. The molecule has 0 aliphatic rings. The molecule has 0 atom stereocenters. The Bertz CT molecular complexity index is 478. The Labute approximate surface area is 117 Å². The highest BCUT2D eigenvalue weighted by Gasteiger charge is 2.18. The van der Waals surface area contributed by atoms with Crippen molar-refractivity contribution < 1.29 is 14.5 Å². The zero-order valence-corrected chi connectivity index (χ0v) is 12.0. The highest BCUT2D eigenvalue weighted by Crippen LogP contribution is 2.29. The van der Waals surface area contributed by atoms with Gasteiger partial charge in [0.15, 0.2) is 0 Å². The Kier molecular flexibility index (Phi) is 5.55. The number of carbonyl (C=O) groups is 1. The molecule has 0 saturated heterocycles. The van der Waals surface area contributed by atoms with Crippen LogP contribution in [-0.2, 0) is 21.3 Å². The number of benzene rings is 1. The minimum atomic E-state index is -0.503. The van der Waals surface area contributed by atoms with Gasteiger partial charge < -0.3 is 4.74 Å². The molecule has 1 aromatic carbocycles. The van der Waals surface area contributed by atoms with E-state index in [1.807, 2.05) is 0 Å². The first-order valence-corrected chi connectivity index (χ1v) is 6.66. The summed E-state index contributed by atoms with van der Waals surface area (Å²) in [6, 6.07) is 2.80. The Morgan fingerprint density at radius 3 is 2.67 bits per heavy atom. The van der Waals surface area contributed by atoms with Crippen LogP contribution in [0.4, 0.5) is 5.69 Å². The number of esters is 1. The Hall–Kier alpha value is -1.14. The van der Waals surface area contributed by atoms with Crippen LogP contribution in [0, 0.1) is 10.1 Å². The van der Waals surface area contributed by atoms with Gasteiger partial charge in [0.1, 0.15) is 0 Å². The van der Waals surface area contributed by atoms with Crippen molar-refractivity contribution >= 4 is 39.2 Å². The highest BCUT2D eigenvalue weighted by molar-refractivity contribution is 9.08. The summed E-state index contributed by atoms with van der Waals surface area (Å²) in [7, 11) is 0. The molecule has 98 valence electrons. The van der Waals surface area contributed by atoms with Crippen molar-refractivity contribution in [3.05, 3.63) is 38.4 Å². The van der Waals surface area contributed by atoms with E-state index in [2.05, 4.69) is 15.9 Å². The van der Waals surface area contributed by atoms with E-state index in [4.69, 9.17) is 16.3 Å². The summed E-state index contributed by atoms with van der Waals surface area (Å²) in [5, 5.41) is 11.3. The number of nitro groups is 1. The molecule has 1 aromatic rings. The van der Waals surface area contributed by atoms with Crippen LogP contribution in [0.5, 0.6) is 0 Å². The molecule has 1 rings (SSSR count). The normalized spacial score (nSPS) is 10.2. The van der Waals surface area contributed by atoms with E-state index in [1.165, 1.54) is 6.07 Å². The molecular formula is C11H11BrClNO4. The first-order valence-electron chi connectivity index (χ1n) is 5.16. The van der Waals surface area contributed by atoms with E-state index >= 15 is 0 Å². The monoisotopic (exact) mass is 335 g/mol. The summed E-state index contributed by atoms with van der Waals surface area (Å²) in [6.45, 7) is 1.99. The maximum absolute atomic E-state index is 11.4. The molecule has 0 fully saturated rings. The molecule has 0 bridgehead atoms. The quantitative estimate of drug-likeness (QED) is 0.358. The van der Waals surface area contributed by atoms with E-state index in [0.29, 0.717) is 16.5 Å². The van der Waals surface area contributed by atoms with Gasteiger partial charge in [-0.3, -0.25) is 14.9 Å². The molecule has 0 N–H and O–H groups in total. The zero-order valence-electron chi connectivity index (χ0n) is 9.61. The molecule has 0 aliphatic heterocycles. The predicted octanol–water partition coefficient (Wildman–Crippen LogP) is 3.25. The summed E-state index contributed by atoms with van der Waals surface area (Å²) in [5.74, 6) is -0.409. The van der Waals surface area contributed by atoms with Crippen LogP contribution < -0.4 is 0 Å². The molecule has 0 amide bonds. The maximum atomic E-state index is 11.4. The fraction of sp³-hybridized carbons (Fsp3) is 0.364. The number of hydrogen-bond donors (Lipinski definition) is 0. The van der Waals surface area contributed by atoms with Crippen LogP contribution in [0.1, 0.15) is 18.1 Å². The van der Waals surface area contributed by atoms with Gasteiger partial charge in [0, 0.05) is 17.0 Å². The molecule has 0 radical (unpaired) electrons. The molecular weight excluding hydrogens is 325 g/mol. The summed E-state index contributed by atoms with van der Waals surface area (Å²) >= 11 is 9.09. The van der Waals surface area contributed by atoms with Crippen LogP contribution in [0.25, 0.3) is 0 Å². The minimum absolute atomic E-state index is 0.00463. The van der Waals surface area contributed by atoms with Gasteiger partial charge in [-0.05, 0) is 18.6 Å². The fourth-order valence-corrected chi connectivity index (χ4v) is 2.11. The van der Waals surface area contributed by atoms with Gasteiger partial charge in [0.05, 0.1) is 23.0 Å². The summed E-state index contributed by atoms with van der Waals surface area (Å²) < 4.78 is 4.81. The topological polar surface area (TPSA) is 69.4 Å². The molecule has 5 nitrogen and oxygen atoms in total. The summed E-state index contributed by atoms with van der Waals surface area (Å²) in [6.07, 6.45) is 0.00463. The SMILES string of the molecule is CCOC(=O)Cc1cc(CBr)c([N+](=O)[O-])cc1Cl. The van der Waals surface area contributed by atoms with Crippen molar-refractivity contribution in [2.45, 2.75) is 18.7 Å². The van der Waals surface area contributed by atoms with Gasteiger partial charge in [-0.25, -0.2) is 0 Å². The molecule has 0 heterocycles. The van der Waals surface area contributed by atoms with Gasteiger partial charge in [-0.15, -0.1) is 0 Å². The average molecular weight is 337 g/mol. The summed E-state index contributed by atoms with van der Waals surface area (Å²) in [4.78, 5) is 21.7. The smallest absolute Gasteiger partial charge is 0.310 e. The van der Waals surface area contributed by atoms with Crippen molar-refractivity contribution in [2.24, 2.45) is 0 Å². The van der Waals surface area contributed by atoms with Crippen LogP contribution in [-0.4, -0.2) is 17.5 Å². The van der Waals surface area contributed by atoms with E-state index in [9.17, 15) is 14.9 Å². The lowest BCUT2D eigenvalue weighted by atomic mass is 10.1. The third-order valence-corrected chi connectivity index (χ3v) is 3.18. The molecule has 18 heavy (non-hydrogen) atoms. The molecule has 0 unspecified atom stereocenters. The van der Waals surface area contributed by atoms with Crippen molar-refractivity contribution in [2.75, 3.05) is 6.61 Å². The molecule has 0 spiro atoms. The van der Waals surface area contributed by atoms with Crippen molar-refractivity contribution in [3.63, 3.8) is 0 Å². The van der Waals surface area contributed by atoms with Crippen LogP contribution in [0.3, 0.4) is 0 Å². The molecule has 7 heteroatoms. The second-order valence-corrected chi connectivity index (χ2v) is 4.41. The van der Waals surface area contributed by atoms with Gasteiger partial charge >= 0.3 is 5.97 Å². The third kappa shape index (κ3) is 3.68. The number of rotatable bonds is 5. The maximum Gasteiger partial charge on any atom is 0.310 e. The van der Waals surface area contributed by atoms with E-state index < -0.39 is 10.9 Å². The standard InChI is InChI=1S/C11H11BrClNO4/c1-2-18-11(15)4-7-3-8(6-12)10(14(16)17)5-9(7)13/h3,5H,2,4,6H2,1H3.